The van der Waals surface area contributed by atoms with Gasteiger partial charge in [0.25, 0.3) is 0 Å². The number of nitriles is 1. The van der Waals surface area contributed by atoms with Crippen LogP contribution in [0.5, 0.6) is 0 Å². The number of fused-ring (bicyclic) bond motifs is 1. The van der Waals surface area contributed by atoms with Crippen molar-refractivity contribution in [3.63, 3.8) is 0 Å². The monoisotopic (exact) mass is 268 g/mol. The summed E-state index contributed by atoms with van der Waals surface area (Å²) in [4.78, 5) is 12.9. The van der Waals surface area contributed by atoms with Crippen LogP contribution >= 0.6 is 11.8 Å². The molecule has 0 bridgehead atoms. The molecule has 94 valence electrons. The van der Waals surface area contributed by atoms with Gasteiger partial charge in [-0.3, -0.25) is 4.98 Å². The third-order valence-corrected chi connectivity index (χ3v) is 4.05. The molecule has 0 aliphatic heterocycles. The molecular weight excluding hydrogens is 256 g/mol. The van der Waals surface area contributed by atoms with Crippen molar-refractivity contribution in [1.29, 1.82) is 5.26 Å². The Morgan fingerprint density at radius 3 is 2.89 bits per heavy atom. The van der Waals surface area contributed by atoms with Crippen LogP contribution in [0.4, 0.5) is 0 Å². The first-order chi connectivity index (χ1) is 9.36. The molecule has 3 rings (SSSR count). The predicted octanol–water partition coefficient (Wildman–Crippen LogP) is 2.77. The third-order valence-electron chi connectivity index (χ3n) is 3.13. The summed E-state index contributed by atoms with van der Waals surface area (Å²) in [6, 6.07) is 4.22. The van der Waals surface area contributed by atoms with Gasteiger partial charge >= 0.3 is 0 Å². The zero-order chi connectivity index (χ0) is 13.1. The Bertz CT molecular complexity index is 634. The maximum absolute atomic E-state index is 9.26. The molecular formula is C14H12N4S. The van der Waals surface area contributed by atoms with Crippen molar-refractivity contribution >= 4 is 11.8 Å². The van der Waals surface area contributed by atoms with E-state index in [1.165, 1.54) is 30.2 Å². The van der Waals surface area contributed by atoms with E-state index in [-0.39, 0.29) is 0 Å². The number of pyridine rings is 1. The van der Waals surface area contributed by atoms with Crippen LogP contribution in [0.15, 0.2) is 34.7 Å². The van der Waals surface area contributed by atoms with E-state index < -0.39 is 0 Å². The molecule has 1 aliphatic carbocycles. The second-order valence-corrected chi connectivity index (χ2v) is 5.42. The normalized spacial score (nSPS) is 13.6. The molecule has 2 aromatic heterocycles. The summed E-state index contributed by atoms with van der Waals surface area (Å²) in [6.45, 7) is 0. The fraction of sp³-hybridized carbons (Fsp3) is 0.286. The van der Waals surface area contributed by atoms with Gasteiger partial charge in [-0.15, -0.1) is 0 Å². The average Bonchev–Trinajstić information content (AvgIpc) is 2.47. The van der Waals surface area contributed by atoms with Crippen LogP contribution in [0, 0.1) is 11.3 Å². The van der Waals surface area contributed by atoms with Crippen LogP contribution in [0.2, 0.25) is 0 Å². The lowest BCUT2D eigenvalue weighted by Crippen LogP contribution is -2.07. The second kappa shape index (κ2) is 5.37. The minimum absolute atomic E-state index is 0.635. The number of aryl methyl sites for hydroxylation is 2. The molecule has 5 heteroatoms. The average molecular weight is 268 g/mol. The van der Waals surface area contributed by atoms with Gasteiger partial charge in [0.1, 0.15) is 16.1 Å². The molecule has 0 unspecified atom stereocenters. The van der Waals surface area contributed by atoms with E-state index >= 15 is 0 Å². The molecule has 0 saturated heterocycles. The lowest BCUT2D eigenvalue weighted by molar-refractivity contribution is 0.660. The first kappa shape index (κ1) is 12.1. The molecule has 0 saturated carbocycles. The fourth-order valence-corrected chi connectivity index (χ4v) is 3.01. The zero-order valence-corrected chi connectivity index (χ0v) is 11.2. The van der Waals surface area contributed by atoms with E-state index in [1.54, 1.807) is 18.6 Å². The van der Waals surface area contributed by atoms with Crippen molar-refractivity contribution in [3.8, 4) is 6.07 Å². The van der Waals surface area contributed by atoms with Gasteiger partial charge in [-0.25, -0.2) is 9.97 Å². The van der Waals surface area contributed by atoms with Crippen molar-refractivity contribution < 1.29 is 0 Å². The van der Waals surface area contributed by atoms with Gasteiger partial charge in [-0.05, 0) is 49.1 Å². The van der Waals surface area contributed by atoms with Gasteiger partial charge in [-0.2, -0.15) is 5.26 Å². The summed E-state index contributed by atoms with van der Waals surface area (Å²) < 4.78 is 0. The molecule has 19 heavy (non-hydrogen) atoms. The number of hydrogen-bond donors (Lipinski definition) is 0. The van der Waals surface area contributed by atoms with Crippen molar-refractivity contribution in [1.82, 2.24) is 15.0 Å². The van der Waals surface area contributed by atoms with Crippen LogP contribution in [-0.2, 0) is 12.8 Å². The summed E-state index contributed by atoms with van der Waals surface area (Å²) in [5, 5.41) is 10.8. The van der Waals surface area contributed by atoms with Gasteiger partial charge in [0, 0.05) is 18.1 Å². The number of aromatic nitrogens is 3. The van der Waals surface area contributed by atoms with E-state index in [4.69, 9.17) is 0 Å². The lowest BCUT2D eigenvalue weighted by atomic mass is 9.95. The quantitative estimate of drug-likeness (QED) is 0.838. The predicted molar refractivity (Wildman–Crippen MR) is 71.7 cm³/mol. The van der Waals surface area contributed by atoms with Crippen LogP contribution < -0.4 is 0 Å². The Kier molecular flexibility index (Phi) is 3.43. The van der Waals surface area contributed by atoms with Crippen LogP contribution in [0.25, 0.3) is 0 Å². The molecule has 4 nitrogen and oxygen atoms in total. The highest BCUT2D eigenvalue weighted by molar-refractivity contribution is 7.99. The number of rotatable bonds is 2. The van der Waals surface area contributed by atoms with Gasteiger partial charge in [-0.1, -0.05) is 0 Å². The summed E-state index contributed by atoms with van der Waals surface area (Å²) in [6.07, 6.45) is 9.38. The van der Waals surface area contributed by atoms with Crippen molar-refractivity contribution in [2.45, 2.75) is 35.7 Å². The van der Waals surface area contributed by atoms with Crippen LogP contribution in [-0.4, -0.2) is 15.0 Å². The topological polar surface area (TPSA) is 62.5 Å². The molecule has 0 amide bonds. The lowest BCUT2D eigenvalue weighted by Gasteiger charge is -2.16. The van der Waals surface area contributed by atoms with Crippen molar-refractivity contribution in [2.24, 2.45) is 0 Å². The first-order valence-electron chi connectivity index (χ1n) is 6.23. The highest BCUT2D eigenvalue weighted by atomic mass is 32.2. The largest absolute Gasteiger partial charge is 0.260 e. The molecule has 0 radical (unpaired) electrons. The molecule has 0 fully saturated rings. The van der Waals surface area contributed by atoms with E-state index in [0.29, 0.717) is 5.56 Å². The van der Waals surface area contributed by atoms with Gasteiger partial charge in [0.15, 0.2) is 0 Å². The highest BCUT2D eigenvalue weighted by Gasteiger charge is 2.16. The Balaban J connectivity index is 1.98. The molecule has 2 heterocycles. The second-order valence-electron chi connectivity index (χ2n) is 4.41. The maximum atomic E-state index is 9.26. The SMILES string of the molecule is N#Cc1cc2c(nc1Sc1cnccn1)CCCC2. The van der Waals surface area contributed by atoms with Crippen molar-refractivity contribution in [3.05, 3.63) is 41.5 Å². The van der Waals surface area contributed by atoms with Gasteiger partial charge in [0.2, 0.25) is 0 Å². The Morgan fingerprint density at radius 2 is 2.11 bits per heavy atom. The highest BCUT2D eigenvalue weighted by Crippen LogP contribution is 2.30. The smallest absolute Gasteiger partial charge is 0.121 e. The van der Waals surface area contributed by atoms with Crippen molar-refractivity contribution in [2.75, 3.05) is 0 Å². The molecule has 0 spiro atoms. The summed E-state index contributed by atoms with van der Waals surface area (Å²) in [7, 11) is 0. The molecule has 2 aromatic rings. The standard InChI is InChI=1S/C14H12N4S/c15-8-11-7-10-3-1-2-4-12(10)18-14(11)19-13-9-16-5-6-17-13/h5-7,9H,1-4H2. The summed E-state index contributed by atoms with van der Waals surface area (Å²) in [5.41, 5.74) is 3.00. The van der Waals surface area contributed by atoms with Gasteiger partial charge in [0.05, 0.1) is 11.8 Å². The minimum Gasteiger partial charge on any atom is -0.260 e. The maximum Gasteiger partial charge on any atom is 0.121 e. The van der Waals surface area contributed by atoms with E-state index in [2.05, 4.69) is 21.0 Å². The molecule has 0 atom stereocenters. The van der Waals surface area contributed by atoms with Gasteiger partial charge < -0.3 is 0 Å². The minimum atomic E-state index is 0.635. The summed E-state index contributed by atoms with van der Waals surface area (Å²) in [5.74, 6) is 0. The van der Waals surface area contributed by atoms with E-state index in [9.17, 15) is 5.26 Å². The zero-order valence-electron chi connectivity index (χ0n) is 10.3. The number of hydrogen-bond acceptors (Lipinski definition) is 5. The Labute approximate surface area is 115 Å². The summed E-state index contributed by atoms with van der Waals surface area (Å²) >= 11 is 1.40. The van der Waals surface area contributed by atoms with E-state index in [1.807, 2.05) is 6.07 Å². The van der Waals surface area contributed by atoms with E-state index in [0.717, 1.165) is 28.6 Å². The Hall–Kier alpha value is -1.93. The third kappa shape index (κ3) is 2.59. The van der Waals surface area contributed by atoms with Crippen LogP contribution in [0.3, 0.4) is 0 Å². The first-order valence-corrected chi connectivity index (χ1v) is 7.05. The molecule has 1 aliphatic rings. The molecule has 0 aromatic carbocycles. The fourth-order valence-electron chi connectivity index (χ4n) is 2.21. The molecule has 0 N–H and O–H groups in total. The Morgan fingerprint density at radius 1 is 1.21 bits per heavy atom. The number of nitrogens with zero attached hydrogens (tertiary/aromatic N) is 4. The van der Waals surface area contributed by atoms with Crippen LogP contribution in [0.1, 0.15) is 29.7 Å².